The number of amides is 4. The van der Waals surface area contributed by atoms with E-state index < -0.39 is 47.7 Å². The number of hydrogen-bond donors (Lipinski definition) is 6. The molecule has 0 fully saturated rings. The molecule has 42 heavy (non-hydrogen) atoms. The van der Waals surface area contributed by atoms with Crippen LogP contribution in [0.4, 0.5) is 4.79 Å². The molecule has 0 radical (unpaired) electrons. The van der Waals surface area contributed by atoms with Crippen molar-refractivity contribution in [2.45, 2.75) is 144 Å². The zero-order valence-corrected chi connectivity index (χ0v) is 27.5. The predicted molar refractivity (Wildman–Crippen MR) is 165 cm³/mol. The number of carbonyl (C=O) groups is 4. The molecule has 246 valence electrons. The normalized spacial score (nSPS) is 16.0. The molecule has 0 saturated carbocycles. The molecule has 0 aromatic rings. The molecular weight excluding hydrogens is 540 g/mol. The minimum Gasteiger partial charge on any atom is -0.444 e. The van der Waals surface area contributed by atoms with Gasteiger partial charge in [0.25, 0.3) is 0 Å². The molecule has 0 bridgehead atoms. The second kappa shape index (κ2) is 20.5. The van der Waals surface area contributed by atoms with Crippen LogP contribution in [0, 0.1) is 17.8 Å². The highest BCUT2D eigenvalue weighted by atomic mass is 16.6. The first-order valence-electron chi connectivity index (χ1n) is 15.7. The monoisotopic (exact) mass is 600 g/mol. The van der Waals surface area contributed by atoms with Gasteiger partial charge in [0.2, 0.25) is 17.7 Å². The second-order valence-corrected chi connectivity index (χ2v) is 12.9. The van der Waals surface area contributed by atoms with Gasteiger partial charge in [-0.2, -0.15) is 0 Å². The maximum absolute atomic E-state index is 13.6. The molecule has 0 aromatic carbocycles. The first-order chi connectivity index (χ1) is 19.6. The van der Waals surface area contributed by atoms with Crippen molar-refractivity contribution in [2.75, 3.05) is 13.2 Å². The maximum Gasteiger partial charge on any atom is 0.408 e. The van der Waals surface area contributed by atoms with Crippen LogP contribution in [0.2, 0.25) is 0 Å². The molecule has 0 saturated heterocycles. The molecule has 6 N–H and O–H groups in total. The summed E-state index contributed by atoms with van der Waals surface area (Å²) >= 11 is 0. The van der Waals surface area contributed by atoms with Gasteiger partial charge in [0, 0.05) is 13.2 Å². The number of ether oxygens (including phenoxy) is 1. The number of nitrogens with one attached hydrogen (secondary N) is 4. The van der Waals surface area contributed by atoms with Gasteiger partial charge in [0.05, 0.1) is 18.6 Å². The van der Waals surface area contributed by atoms with Gasteiger partial charge in [-0.25, -0.2) is 4.79 Å². The van der Waals surface area contributed by atoms with Gasteiger partial charge in [-0.1, -0.05) is 67.2 Å². The molecule has 0 heterocycles. The zero-order valence-electron chi connectivity index (χ0n) is 27.5. The lowest BCUT2D eigenvalue weighted by atomic mass is 9.93. The first-order valence-corrected chi connectivity index (χ1v) is 15.7. The largest absolute Gasteiger partial charge is 0.444 e. The highest BCUT2D eigenvalue weighted by molar-refractivity contribution is 5.91. The molecular formula is C31H60N4O7. The fraction of sp³-hybridized carbons (Fsp3) is 0.871. The fourth-order valence-electron chi connectivity index (χ4n) is 4.40. The summed E-state index contributed by atoms with van der Waals surface area (Å²) in [4.78, 5) is 51.9. The van der Waals surface area contributed by atoms with E-state index in [1.165, 1.54) is 0 Å². The summed E-state index contributed by atoms with van der Waals surface area (Å²) in [6.45, 7) is 17.3. The Morgan fingerprint density at radius 2 is 1.31 bits per heavy atom. The average molecular weight is 601 g/mol. The van der Waals surface area contributed by atoms with E-state index in [2.05, 4.69) is 21.3 Å². The lowest BCUT2D eigenvalue weighted by molar-refractivity contribution is -0.133. The number of rotatable bonds is 20. The van der Waals surface area contributed by atoms with E-state index >= 15 is 0 Å². The van der Waals surface area contributed by atoms with Crippen LogP contribution in [0.1, 0.15) is 114 Å². The highest BCUT2D eigenvalue weighted by Gasteiger charge is 2.35. The van der Waals surface area contributed by atoms with Crippen LogP contribution in [0.3, 0.4) is 0 Å². The molecule has 0 unspecified atom stereocenters. The van der Waals surface area contributed by atoms with E-state index in [0.717, 1.165) is 25.7 Å². The van der Waals surface area contributed by atoms with Crippen LogP contribution in [0.25, 0.3) is 0 Å². The number of carbonyl (C=O) groups excluding carboxylic acids is 4. The third-order valence-corrected chi connectivity index (χ3v) is 7.28. The van der Waals surface area contributed by atoms with Gasteiger partial charge in [0.15, 0.2) is 0 Å². The number of hydrogen-bond acceptors (Lipinski definition) is 7. The molecule has 11 heteroatoms. The van der Waals surface area contributed by atoms with E-state index in [1.807, 2.05) is 41.5 Å². The Kier molecular flexibility index (Phi) is 19.3. The molecule has 6 atom stereocenters. The number of alkyl carbamates (subject to hydrolysis) is 1. The molecule has 0 rings (SSSR count). The fourth-order valence-corrected chi connectivity index (χ4v) is 4.40. The Bertz CT molecular complexity index is 816. The summed E-state index contributed by atoms with van der Waals surface area (Å²) in [5, 5.41) is 31.0. The smallest absolute Gasteiger partial charge is 0.408 e. The van der Waals surface area contributed by atoms with Crippen LogP contribution < -0.4 is 21.3 Å². The van der Waals surface area contributed by atoms with Gasteiger partial charge >= 0.3 is 6.09 Å². The van der Waals surface area contributed by atoms with Crippen molar-refractivity contribution in [2.24, 2.45) is 17.8 Å². The minimum absolute atomic E-state index is 0.129. The summed E-state index contributed by atoms with van der Waals surface area (Å²) in [7, 11) is 0. The Hall–Kier alpha value is -2.40. The third-order valence-electron chi connectivity index (χ3n) is 7.28. The number of unbranched alkanes of at least 4 members (excludes halogenated alkanes) is 3. The summed E-state index contributed by atoms with van der Waals surface area (Å²) < 4.78 is 5.35. The summed E-state index contributed by atoms with van der Waals surface area (Å²) in [6.07, 6.45) is 2.97. The molecule has 0 spiro atoms. The van der Waals surface area contributed by atoms with E-state index in [4.69, 9.17) is 9.84 Å². The Labute approximate surface area is 253 Å². The molecule has 11 nitrogen and oxygen atoms in total. The summed E-state index contributed by atoms with van der Waals surface area (Å²) in [6, 6.07) is -2.51. The van der Waals surface area contributed by atoms with Crippen molar-refractivity contribution in [1.29, 1.82) is 0 Å². The van der Waals surface area contributed by atoms with Crippen LogP contribution in [-0.4, -0.2) is 77.0 Å². The second-order valence-electron chi connectivity index (χ2n) is 12.9. The van der Waals surface area contributed by atoms with Crippen molar-refractivity contribution < 1.29 is 34.1 Å². The van der Waals surface area contributed by atoms with Gasteiger partial charge in [-0.05, 0) is 57.8 Å². The van der Waals surface area contributed by atoms with Crippen LogP contribution in [0.15, 0.2) is 0 Å². The van der Waals surface area contributed by atoms with Crippen molar-refractivity contribution in [1.82, 2.24) is 21.3 Å². The molecule has 0 aliphatic heterocycles. The van der Waals surface area contributed by atoms with Crippen LogP contribution >= 0.6 is 0 Å². The average Bonchev–Trinajstić information content (AvgIpc) is 2.89. The van der Waals surface area contributed by atoms with E-state index in [9.17, 15) is 24.3 Å². The molecule has 4 amide bonds. The van der Waals surface area contributed by atoms with E-state index in [0.29, 0.717) is 25.8 Å². The minimum atomic E-state index is -1.11. The van der Waals surface area contributed by atoms with Crippen LogP contribution in [-0.2, 0) is 19.1 Å². The van der Waals surface area contributed by atoms with E-state index in [1.54, 1.807) is 20.8 Å². The van der Waals surface area contributed by atoms with Crippen molar-refractivity contribution in [3.8, 4) is 0 Å². The SMILES string of the molecule is CC[C@H](C)[C@H](NC(=O)OC(C)(C)C)C(=O)N[C@H](C(=O)N[C@@H](CC(C)C)[C@@H](O)CC(=O)NCCCCCCO)[C@@H](C)CC. The predicted octanol–water partition coefficient (Wildman–Crippen LogP) is 3.41. The molecule has 0 aliphatic carbocycles. The Morgan fingerprint density at radius 3 is 1.81 bits per heavy atom. The number of aliphatic hydroxyl groups excluding tert-OH is 2. The van der Waals surface area contributed by atoms with E-state index in [-0.39, 0.29) is 36.7 Å². The highest BCUT2D eigenvalue weighted by Crippen LogP contribution is 2.16. The van der Waals surface area contributed by atoms with Crippen molar-refractivity contribution >= 4 is 23.8 Å². The van der Waals surface area contributed by atoms with Crippen LogP contribution in [0.5, 0.6) is 0 Å². The van der Waals surface area contributed by atoms with Crippen molar-refractivity contribution in [3.05, 3.63) is 0 Å². The lowest BCUT2D eigenvalue weighted by Crippen LogP contribution is -2.59. The topological polar surface area (TPSA) is 166 Å². The summed E-state index contributed by atoms with van der Waals surface area (Å²) in [5.41, 5.74) is -0.733. The third kappa shape index (κ3) is 16.9. The molecule has 0 aliphatic rings. The maximum atomic E-state index is 13.6. The van der Waals surface area contributed by atoms with Gasteiger partial charge < -0.3 is 36.2 Å². The summed E-state index contributed by atoms with van der Waals surface area (Å²) in [5.74, 6) is -1.57. The zero-order chi connectivity index (χ0) is 32.5. The Morgan fingerprint density at radius 1 is 0.786 bits per heavy atom. The lowest BCUT2D eigenvalue weighted by Gasteiger charge is -2.32. The van der Waals surface area contributed by atoms with Gasteiger partial charge in [-0.3, -0.25) is 14.4 Å². The van der Waals surface area contributed by atoms with Crippen molar-refractivity contribution in [3.63, 3.8) is 0 Å². The van der Waals surface area contributed by atoms with Gasteiger partial charge in [-0.15, -0.1) is 0 Å². The standard InChI is InChI=1S/C31H60N4O7/c1-10-21(5)26(34-29(40)27(22(6)11-2)35-30(41)42-31(7,8)9)28(39)33-23(18-20(3)4)24(37)19-25(38)32-16-14-12-13-15-17-36/h20-24,26-27,36-37H,10-19H2,1-9H3,(H,32,38)(H,33,39)(H,34,40)(H,35,41)/t21-,22-,23-,24-,26-,27-/m0/s1. The van der Waals surface area contributed by atoms with Gasteiger partial charge in [0.1, 0.15) is 17.7 Å². The number of aliphatic hydroxyl groups is 2. The first kappa shape index (κ1) is 39.6. The Balaban J connectivity index is 5.55. The molecule has 0 aromatic heterocycles. The quantitative estimate of drug-likeness (QED) is 0.117.